The molecular formula is C12H16N2O3S. The molecule has 1 aromatic heterocycles. The molecule has 0 aliphatic carbocycles. The van der Waals surface area contributed by atoms with E-state index in [1.165, 1.54) is 11.3 Å². The highest BCUT2D eigenvalue weighted by Gasteiger charge is 2.28. The van der Waals surface area contributed by atoms with Gasteiger partial charge in [-0.25, -0.2) is 0 Å². The largest absolute Gasteiger partial charge is 0.390 e. The Balaban J connectivity index is 1.90. The Kier molecular flexibility index (Phi) is 3.23. The monoisotopic (exact) mass is 268 g/mol. The van der Waals surface area contributed by atoms with Gasteiger partial charge in [0.05, 0.1) is 37.0 Å². The first kappa shape index (κ1) is 12.0. The summed E-state index contributed by atoms with van der Waals surface area (Å²) in [5.74, 6) is 0.0511. The van der Waals surface area contributed by atoms with Gasteiger partial charge < -0.3 is 20.1 Å². The van der Waals surface area contributed by atoms with E-state index in [1.807, 2.05) is 4.90 Å². The van der Waals surface area contributed by atoms with Crippen LogP contribution in [0.3, 0.4) is 0 Å². The number of nitrogens with zero attached hydrogens (tertiary/aromatic N) is 1. The minimum atomic E-state index is 0.0511. The van der Waals surface area contributed by atoms with E-state index in [4.69, 9.17) is 15.2 Å². The van der Waals surface area contributed by atoms with Gasteiger partial charge in [0.1, 0.15) is 0 Å². The summed E-state index contributed by atoms with van der Waals surface area (Å²) in [5, 5.41) is 0.627. The summed E-state index contributed by atoms with van der Waals surface area (Å²) in [5.41, 5.74) is 7.82. The van der Waals surface area contributed by atoms with Gasteiger partial charge in [0.15, 0.2) is 0 Å². The van der Waals surface area contributed by atoms with E-state index in [9.17, 15) is 4.79 Å². The number of fused-ring (bicyclic) bond motifs is 1. The van der Waals surface area contributed by atoms with Crippen molar-refractivity contribution in [2.24, 2.45) is 0 Å². The van der Waals surface area contributed by atoms with Gasteiger partial charge in [0.25, 0.3) is 5.91 Å². The van der Waals surface area contributed by atoms with Crippen molar-refractivity contribution in [1.82, 2.24) is 4.90 Å². The average Bonchev–Trinajstić information content (AvgIpc) is 2.75. The minimum Gasteiger partial charge on any atom is -0.390 e. The van der Waals surface area contributed by atoms with E-state index in [0.29, 0.717) is 50.1 Å². The number of thiophene rings is 1. The van der Waals surface area contributed by atoms with Gasteiger partial charge in [-0.1, -0.05) is 0 Å². The fourth-order valence-corrected chi connectivity index (χ4v) is 3.46. The molecule has 1 aromatic rings. The molecule has 0 atom stereocenters. The lowest BCUT2D eigenvalue weighted by molar-refractivity contribution is 0.0302. The number of morpholine rings is 1. The van der Waals surface area contributed by atoms with Crippen LogP contribution in [-0.4, -0.2) is 43.7 Å². The van der Waals surface area contributed by atoms with Crippen molar-refractivity contribution < 1.29 is 14.3 Å². The van der Waals surface area contributed by atoms with E-state index in [-0.39, 0.29) is 5.91 Å². The normalized spacial score (nSPS) is 19.7. The molecule has 0 spiro atoms. The first-order chi connectivity index (χ1) is 8.77. The van der Waals surface area contributed by atoms with E-state index in [0.717, 1.165) is 16.9 Å². The summed E-state index contributed by atoms with van der Waals surface area (Å²) in [4.78, 5) is 15.4. The number of amides is 1. The number of ether oxygens (including phenoxy) is 2. The van der Waals surface area contributed by atoms with Gasteiger partial charge in [-0.3, -0.25) is 4.79 Å². The van der Waals surface area contributed by atoms with Gasteiger partial charge in [-0.2, -0.15) is 0 Å². The lowest BCUT2D eigenvalue weighted by Crippen LogP contribution is -2.41. The van der Waals surface area contributed by atoms with Crippen LogP contribution in [0.25, 0.3) is 0 Å². The molecule has 0 saturated carbocycles. The van der Waals surface area contributed by atoms with Crippen LogP contribution in [0.2, 0.25) is 0 Å². The van der Waals surface area contributed by atoms with Crippen LogP contribution < -0.4 is 5.73 Å². The molecule has 3 rings (SSSR count). The van der Waals surface area contributed by atoms with Crippen LogP contribution in [0, 0.1) is 0 Å². The van der Waals surface area contributed by atoms with Crippen molar-refractivity contribution in [3.8, 4) is 0 Å². The average molecular weight is 268 g/mol. The highest BCUT2D eigenvalue weighted by Crippen LogP contribution is 2.35. The molecule has 2 N–H and O–H groups in total. The van der Waals surface area contributed by atoms with Crippen LogP contribution in [0.4, 0.5) is 5.00 Å². The van der Waals surface area contributed by atoms with Crippen LogP contribution >= 0.6 is 11.3 Å². The molecule has 0 radical (unpaired) electrons. The maximum atomic E-state index is 12.5. The fourth-order valence-electron chi connectivity index (χ4n) is 2.41. The number of anilines is 1. The number of carbonyl (C=O) groups excluding carboxylic acids is 1. The zero-order valence-corrected chi connectivity index (χ0v) is 10.9. The Morgan fingerprint density at radius 2 is 2.00 bits per heavy atom. The quantitative estimate of drug-likeness (QED) is 0.821. The predicted molar refractivity (Wildman–Crippen MR) is 68.8 cm³/mol. The van der Waals surface area contributed by atoms with Crippen LogP contribution in [0.15, 0.2) is 0 Å². The molecule has 6 heteroatoms. The molecule has 18 heavy (non-hydrogen) atoms. The Labute approximate surface area is 109 Å². The van der Waals surface area contributed by atoms with Crippen LogP contribution in [-0.2, 0) is 22.5 Å². The van der Waals surface area contributed by atoms with Crippen molar-refractivity contribution in [3.05, 3.63) is 16.0 Å². The highest BCUT2D eigenvalue weighted by atomic mass is 32.1. The summed E-state index contributed by atoms with van der Waals surface area (Å²) in [6.45, 7) is 3.79. The maximum absolute atomic E-state index is 12.5. The molecule has 0 unspecified atom stereocenters. The van der Waals surface area contributed by atoms with Crippen LogP contribution in [0.5, 0.6) is 0 Å². The van der Waals surface area contributed by atoms with Crippen LogP contribution in [0.1, 0.15) is 20.8 Å². The molecule has 2 aliphatic heterocycles. The van der Waals surface area contributed by atoms with Crippen molar-refractivity contribution in [2.45, 2.75) is 13.0 Å². The standard InChI is InChI=1S/C12H16N2O3S/c13-11-10(8-1-4-17-7-9(8)18-11)12(15)14-2-5-16-6-3-14/h1-7,13H2. The first-order valence-corrected chi connectivity index (χ1v) is 6.94. The van der Waals surface area contributed by atoms with Crippen molar-refractivity contribution in [3.63, 3.8) is 0 Å². The second kappa shape index (κ2) is 4.87. The Morgan fingerprint density at radius 1 is 1.22 bits per heavy atom. The Bertz CT molecular complexity index is 466. The number of nitrogens with two attached hydrogens (primary N) is 1. The summed E-state index contributed by atoms with van der Waals surface area (Å²) < 4.78 is 10.7. The zero-order chi connectivity index (χ0) is 12.5. The van der Waals surface area contributed by atoms with Gasteiger partial charge >= 0.3 is 0 Å². The number of rotatable bonds is 1. The summed E-state index contributed by atoms with van der Waals surface area (Å²) in [6, 6.07) is 0. The number of hydrogen-bond acceptors (Lipinski definition) is 5. The minimum absolute atomic E-state index is 0.0511. The third kappa shape index (κ3) is 2.00. The van der Waals surface area contributed by atoms with E-state index >= 15 is 0 Å². The second-order valence-electron chi connectivity index (χ2n) is 4.45. The lowest BCUT2D eigenvalue weighted by Gasteiger charge is -2.27. The summed E-state index contributed by atoms with van der Waals surface area (Å²) >= 11 is 1.48. The van der Waals surface area contributed by atoms with Gasteiger partial charge in [-0.15, -0.1) is 11.3 Å². The van der Waals surface area contributed by atoms with E-state index < -0.39 is 0 Å². The number of nitrogen functional groups attached to an aromatic ring is 1. The Morgan fingerprint density at radius 3 is 2.78 bits per heavy atom. The van der Waals surface area contributed by atoms with Crippen molar-refractivity contribution >= 4 is 22.2 Å². The molecule has 3 heterocycles. The number of hydrogen-bond donors (Lipinski definition) is 1. The third-order valence-corrected chi connectivity index (χ3v) is 4.39. The Hall–Kier alpha value is -1.11. The lowest BCUT2D eigenvalue weighted by atomic mass is 10.0. The third-order valence-electron chi connectivity index (χ3n) is 3.36. The van der Waals surface area contributed by atoms with Gasteiger partial charge in [-0.05, 0) is 12.0 Å². The maximum Gasteiger partial charge on any atom is 0.257 e. The number of carbonyl (C=O) groups is 1. The topological polar surface area (TPSA) is 64.8 Å². The van der Waals surface area contributed by atoms with Gasteiger partial charge in [0, 0.05) is 18.0 Å². The molecule has 5 nitrogen and oxygen atoms in total. The molecule has 1 fully saturated rings. The first-order valence-electron chi connectivity index (χ1n) is 6.12. The van der Waals surface area contributed by atoms with E-state index in [2.05, 4.69) is 0 Å². The summed E-state index contributed by atoms with van der Waals surface area (Å²) in [7, 11) is 0. The molecule has 0 aromatic carbocycles. The smallest absolute Gasteiger partial charge is 0.257 e. The molecule has 1 saturated heterocycles. The second-order valence-corrected chi connectivity index (χ2v) is 5.59. The fraction of sp³-hybridized carbons (Fsp3) is 0.583. The molecule has 2 aliphatic rings. The van der Waals surface area contributed by atoms with Gasteiger partial charge in [0.2, 0.25) is 0 Å². The van der Waals surface area contributed by atoms with Crippen molar-refractivity contribution in [2.75, 3.05) is 38.6 Å². The molecule has 0 bridgehead atoms. The zero-order valence-electron chi connectivity index (χ0n) is 10.1. The SMILES string of the molecule is Nc1sc2c(c1C(=O)N1CCOCC1)CCOC2. The predicted octanol–water partition coefficient (Wildman–Crippen LogP) is 0.875. The highest BCUT2D eigenvalue weighted by molar-refractivity contribution is 7.16. The molecule has 1 amide bonds. The molecular weight excluding hydrogens is 252 g/mol. The van der Waals surface area contributed by atoms with E-state index in [1.54, 1.807) is 0 Å². The molecule has 98 valence electrons. The van der Waals surface area contributed by atoms with Crippen molar-refractivity contribution in [1.29, 1.82) is 0 Å². The summed E-state index contributed by atoms with van der Waals surface area (Å²) in [6.07, 6.45) is 0.786.